The van der Waals surface area contributed by atoms with E-state index < -0.39 is 6.10 Å². The number of anilines is 1. The fourth-order valence-corrected chi connectivity index (χ4v) is 2.61. The van der Waals surface area contributed by atoms with Gasteiger partial charge in [-0.25, -0.2) is 0 Å². The van der Waals surface area contributed by atoms with Crippen molar-refractivity contribution >= 4 is 40.2 Å². The molecular formula is C14H15Cl2NO2S. The van der Waals surface area contributed by atoms with Crippen LogP contribution in [0.15, 0.2) is 35.7 Å². The zero-order chi connectivity index (χ0) is 14.4. The normalized spacial score (nSPS) is 12.3. The van der Waals surface area contributed by atoms with Crippen LogP contribution in [0.5, 0.6) is 0 Å². The molecule has 0 aliphatic rings. The predicted molar refractivity (Wildman–Crippen MR) is 84.9 cm³/mol. The summed E-state index contributed by atoms with van der Waals surface area (Å²) in [7, 11) is 0. The number of nitrogens with one attached hydrogen (secondary N) is 1. The summed E-state index contributed by atoms with van der Waals surface area (Å²) in [5.41, 5.74) is 0.705. The van der Waals surface area contributed by atoms with E-state index in [1.165, 1.54) is 0 Å². The highest BCUT2D eigenvalue weighted by atomic mass is 35.5. The van der Waals surface area contributed by atoms with Gasteiger partial charge in [0.05, 0.1) is 30.0 Å². The highest BCUT2D eigenvalue weighted by Crippen LogP contribution is 2.25. The minimum Gasteiger partial charge on any atom is -0.389 e. The van der Waals surface area contributed by atoms with Gasteiger partial charge in [-0.1, -0.05) is 29.3 Å². The molecule has 0 fully saturated rings. The Labute approximate surface area is 132 Å². The first kappa shape index (κ1) is 15.6. The van der Waals surface area contributed by atoms with Gasteiger partial charge in [0.15, 0.2) is 0 Å². The lowest BCUT2D eigenvalue weighted by Crippen LogP contribution is -2.24. The van der Waals surface area contributed by atoms with Crippen LogP contribution in [0.3, 0.4) is 0 Å². The number of hydrogen-bond donors (Lipinski definition) is 2. The zero-order valence-corrected chi connectivity index (χ0v) is 13.0. The number of thiophene rings is 1. The molecule has 0 saturated carbocycles. The minimum absolute atomic E-state index is 0.267. The van der Waals surface area contributed by atoms with E-state index in [9.17, 15) is 5.11 Å². The molecular weight excluding hydrogens is 317 g/mol. The van der Waals surface area contributed by atoms with Crippen molar-refractivity contribution in [3.63, 3.8) is 0 Å². The number of halogens is 2. The van der Waals surface area contributed by atoms with Crippen LogP contribution in [0.1, 0.15) is 4.88 Å². The molecule has 2 N–H and O–H groups in total. The van der Waals surface area contributed by atoms with Crippen LogP contribution in [0, 0.1) is 0 Å². The minimum atomic E-state index is -0.606. The van der Waals surface area contributed by atoms with Crippen LogP contribution in [0.4, 0.5) is 5.69 Å². The summed E-state index contributed by atoms with van der Waals surface area (Å²) in [6.45, 7) is 1.14. The monoisotopic (exact) mass is 331 g/mol. The molecule has 20 heavy (non-hydrogen) atoms. The molecule has 0 aliphatic heterocycles. The summed E-state index contributed by atoms with van der Waals surface area (Å²) in [6, 6.07) is 9.13. The molecule has 108 valence electrons. The predicted octanol–water partition coefficient (Wildman–Crippen LogP) is 4.04. The van der Waals surface area contributed by atoms with Gasteiger partial charge in [0, 0.05) is 16.4 Å². The van der Waals surface area contributed by atoms with E-state index in [1.807, 2.05) is 17.5 Å². The molecule has 1 atom stereocenters. The Morgan fingerprint density at radius 3 is 2.90 bits per heavy atom. The summed E-state index contributed by atoms with van der Waals surface area (Å²) < 4.78 is 5.44. The van der Waals surface area contributed by atoms with Gasteiger partial charge in [-0.2, -0.15) is 0 Å². The fourth-order valence-electron chi connectivity index (χ4n) is 1.61. The molecule has 1 aromatic carbocycles. The second-order valence-electron chi connectivity index (χ2n) is 4.25. The third kappa shape index (κ3) is 4.96. The van der Waals surface area contributed by atoms with Gasteiger partial charge in [0.1, 0.15) is 0 Å². The van der Waals surface area contributed by atoms with E-state index in [0.717, 1.165) is 4.88 Å². The molecule has 2 aromatic rings. The molecule has 1 unspecified atom stereocenters. The van der Waals surface area contributed by atoms with Gasteiger partial charge in [0.2, 0.25) is 0 Å². The number of aliphatic hydroxyl groups excluding tert-OH is 1. The third-order valence-electron chi connectivity index (χ3n) is 2.59. The van der Waals surface area contributed by atoms with Gasteiger partial charge in [-0.15, -0.1) is 11.3 Å². The van der Waals surface area contributed by atoms with E-state index in [2.05, 4.69) is 5.32 Å². The van der Waals surface area contributed by atoms with E-state index in [0.29, 0.717) is 28.9 Å². The average Bonchev–Trinajstić information content (AvgIpc) is 2.93. The van der Waals surface area contributed by atoms with Crippen molar-refractivity contribution in [2.45, 2.75) is 12.7 Å². The van der Waals surface area contributed by atoms with Crippen LogP contribution in [-0.4, -0.2) is 24.4 Å². The standard InChI is InChI=1S/C14H15Cl2NO2S/c15-10-3-4-13(16)14(6-10)17-7-11(18)8-19-9-12-2-1-5-20-12/h1-6,11,17-18H,7-9H2. The largest absolute Gasteiger partial charge is 0.389 e. The van der Waals surface area contributed by atoms with E-state index in [1.54, 1.807) is 29.5 Å². The van der Waals surface area contributed by atoms with Crippen molar-refractivity contribution in [3.8, 4) is 0 Å². The molecule has 0 bridgehead atoms. The Balaban J connectivity index is 1.71. The highest BCUT2D eigenvalue weighted by Gasteiger charge is 2.07. The quantitative estimate of drug-likeness (QED) is 0.804. The summed E-state index contributed by atoms with van der Waals surface area (Å²) in [5.74, 6) is 0. The maximum atomic E-state index is 9.84. The molecule has 3 nitrogen and oxygen atoms in total. The third-order valence-corrected chi connectivity index (χ3v) is 4.01. The van der Waals surface area contributed by atoms with Crippen LogP contribution >= 0.6 is 34.5 Å². The lowest BCUT2D eigenvalue weighted by Gasteiger charge is -2.14. The van der Waals surface area contributed by atoms with Crippen LogP contribution in [0.25, 0.3) is 0 Å². The van der Waals surface area contributed by atoms with Gasteiger partial charge < -0.3 is 15.2 Å². The number of aliphatic hydroxyl groups is 1. The van der Waals surface area contributed by atoms with Gasteiger partial charge >= 0.3 is 0 Å². The summed E-state index contributed by atoms with van der Waals surface area (Å²) in [4.78, 5) is 1.14. The Hall–Kier alpha value is -0.780. The summed E-state index contributed by atoms with van der Waals surface area (Å²) in [6.07, 6.45) is -0.606. The smallest absolute Gasteiger partial charge is 0.0945 e. The van der Waals surface area contributed by atoms with Crippen molar-refractivity contribution in [3.05, 3.63) is 50.6 Å². The highest BCUT2D eigenvalue weighted by molar-refractivity contribution is 7.09. The number of hydrogen-bond acceptors (Lipinski definition) is 4. The second kappa shape index (κ2) is 7.86. The van der Waals surface area contributed by atoms with Crippen molar-refractivity contribution in [1.29, 1.82) is 0 Å². The zero-order valence-electron chi connectivity index (χ0n) is 10.7. The summed E-state index contributed by atoms with van der Waals surface area (Å²) >= 11 is 13.5. The molecule has 1 heterocycles. The Bertz CT molecular complexity index is 534. The first-order valence-electron chi connectivity index (χ1n) is 6.12. The van der Waals surface area contributed by atoms with Gasteiger partial charge in [-0.05, 0) is 29.6 Å². The van der Waals surface area contributed by atoms with E-state index >= 15 is 0 Å². The van der Waals surface area contributed by atoms with Crippen LogP contribution in [0.2, 0.25) is 10.0 Å². The van der Waals surface area contributed by atoms with Gasteiger partial charge in [-0.3, -0.25) is 0 Å². The summed E-state index contributed by atoms with van der Waals surface area (Å²) in [5, 5.41) is 16.1. The van der Waals surface area contributed by atoms with Crippen molar-refractivity contribution in [2.24, 2.45) is 0 Å². The van der Waals surface area contributed by atoms with Gasteiger partial charge in [0.25, 0.3) is 0 Å². The second-order valence-corrected chi connectivity index (χ2v) is 6.13. The number of rotatable bonds is 7. The lowest BCUT2D eigenvalue weighted by atomic mass is 10.3. The maximum absolute atomic E-state index is 9.84. The average molecular weight is 332 g/mol. The van der Waals surface area contributed by atoms with Crippen LogP contribution in [-0.2, 0) is 11.3 Å². The van der Waals surface area contributed by atoms with E-state index in [-0.39, 0.29) is 6.61 Å². The van der Waals surface area contributed by atoms with Crippen LogP contribution < -0.4 is 5.32 Å². The molecule has 6 heteroatoms. The molecule has 0 saturated heterocycles. The molecule has 0 radical (unpaired) electrons. The molecule has 0 aliphatic carbocycles. The van der Waals surface area contributed by atoms with Crippen molar-refractivity contribution in [2.75, 3.05) is 18.5 Å². The van der Waals surface area contributed by atoms with Crippen molar-refractivity contribution < 1.29 is 9.84 Å². The first-order valence-corrected chi connectivity index (χ1v) is 7.76. The topological polar surface area (TPSA) is 41.5 Å². The maximum Gasteiger partial charge on any atom is 0.0945 e. The molecule has 0 amide bonds. The Kier molecular flexibility index (Phi) is 6.13. The molecule has 1 aromatic heterocycles. The van der Waals surface area contributed by atoms with E-state index in [4.69, 9.17) is 27.9 Å². The molecule has 2 rings (SSSR count). The Morgan fingerprint density at radius 2 is 2.15 bits per heavy atom. The lowest BCUT2D eigenvalue weighted by molar-refractivity contribution is 0.0359. The number of ether oxygens (including phenoxy) is 1. The Morgan fingerprint density at radius 1 is 1.30 bits per heavy atom. The first-order chi connectivity index (χ1) is 9.65. The number of benzene rings is 1. The fraction of sp³-hybridized carbons (Fsp3) is 0.286. The van der Waals surface area contributed by atoms with Crippen molar-refractivity contribution in [1.82, 2.24) is 0 Å². The molecule has 0 spiro atoms. The SMILES string of the molecule is OC(CNc1cc(Cl)ccc1Cl)COCc1cccs1.